The Morgan fingerprint density at radius 1 is 1.07 bits per heavy atom. The maximum atomic E-state index is 12.5. The van der Waals surface area contributed by atoms with Crippen LogP contribution in [0.1, 0.15) is 22.2 Å². The van der Waals surface area contributed by atoms with Crippen molar-refractivity contribution in [3.05, 3.63) is 63.0 Å². The number of nitrogens with one attached hydrogen (secondary N) is 2. The summed E-state index contributed by atoms with van der Waals surface area (Å²) >= 11 is 13.6. The smallest absolute Gasteiger partial charge is 0.318 e. The van der Waals surface area contributed by atoms with E-state index in [9.17, 15) is 22.8 Å². The molecule has 0 aliphatic carbocycles. The summed E-state index contributed by atoms with van der Waals surface area (Å²) in [7, 11) is 0. The van der Waals surface area contributed by atoms with Gasteiger partial charge < -0.3 is 5.32 Å². The van der Waals surface area contributed by atoms with E-state index in [2.05, 4.69) is 10.5 Å². The lowest BCUT2D eigenvalue weighted by Gasteiger charge is -2.08. The van der Waals surface area contributed by atoms with E-state index >= 15 is 0 Å². The van der Waals surface area contributed by atoms with Crippen LogP contribution in [0.3, 0.4) is 0 Å². The van der Waals surface area contributed by atoms with Gasteiger partial charge in [0.15, 0.2) is 0 Å². The number of halogens is 5. The van der Waals surface area contributed by atoms with Crippen LogP contribution in [0.15, 0.2) is 47.6 Å². The van der Waals surface area contributed by atoms with Crippen molar-refractivity contribution in [3.8, 4) is 0 Å². The number of alkyl halides is 3. The number of fused-ring (bicyclic) bond motifs is 1. The molecule has 0 saturated heterocycles. The normalized spacial score (nSPS) is 12.1. The molecule has 1 aromatic heterocycles. The van der Waals surface area contributed by atoms with E-state index < -0.39 is 18.0 Å². The minimum Gasteiger partial charge on any atom is -0.318 e. The number of carbonyl (C=O) groups excluding carboxylic acids is 2. The summed E-state index contributed by atoms with van der Waals surface area (Å²) in [5.74, 6) is -2.58. The van der Waals surface area contributed by atoms with Crippen LogP contribution in [0, 0.1) is 0 Å². The fourth-order valence-electron chi connectivity index (χ4n) is 2.46. The lowest BCUT2D eigenvalue weighted by molar-refractivity contribution is -0.167. The summed E-state index contributed by atoms with van der Waals surface area (Å²) in [6.07, 6.45) is -4.97. The number of hydrogen-bond acceptors (Lipinski definition) is 4. The highest BCUT2D eigenvalue weighted by molar-refractivity contribution is 7.21. The molecule has 0 saturated carbocycles. The number of nitrogens with zero attached hydrogens (tertiary/aromatic N) is 1. The number of amides is 2. The number of anilines is 1. The van der Waals surface area contributed by atoms with Crippen LogP contribution in [0.5, 0.6) is 0 Å². The van der Waals surface area contributed by atoms with Crippen molar-refractivity contribution >= 4 is 67.8 Å². The van der Waals surface area contributed by atoms with Crippen LogP contribution in [0.2, 0.25) is 10.0 Å². The zero-order valence-electron chi connectivity index (χ0n) is 15.1. The summed E-state index contributed by atoms with van der Waals surface area (Å²) in [5, 5.41) is 7.00. The highest BCUT2D eigenvalue weighted by Crippen LogP contribution is 2.39. The van der Waals surface area contributed by atoms with Crippen molar-refractivity contribution in [1.82, 2.24) is 5.43 Å². The van der Waals surface area contributed by atoms with Crippen molar-refractivity contribution in [2.24, 2.45) is 5.10 Å². The predicted molar refractivity (Wildman–Crippen MR) is 113 cm³/mol. The van der Waals surface area contributed by atoms with Gasteiger partial charge in [0, 0.05) is 15.8 Å². The number of thiophene rings is 1. The van der Waals surface area contributed by atoms with E-state index in [1.807, 2.05) is 0 Å². The Labute approximate surface area is 182 Å². The Hall–Kier alpha value is -2.62. The third-order valence-electron chi connectivity index (χ3n) is 3.96. The van der Waals surface area contributed by atoms with E-state index in [1.165, 1.54) is 35.6 Å². The molecular weight excluding hydrogens is 462 g/mol. The first-order valence-corrected chi connectivity index (χ1v) is 9.85. The van der Waals surface area contributed by atoms with Gasteiger partial charge in [0.25, 0.3) is 5.91 Å². The highest BCUT2D eigenvalue weighted by atomic mass is 35.5. The molecule has 0 aliphatic heterocycles. The fraction of sp³-hybridized carbons (Fsp3) is 0.105. The third-order valence-corrected chi connectivity index (χ3v) is 5.91. The molecule has 0 unspecified atom stereocenters. The van der Waals surface area contributed by atoms with Gasteiger partial charge in [-0.1, -0.05) is 41.4 Å². The minimum atomic E-state index is -4.97. The summed E-state index contributed by atoms with van der Waals surface area (Å²) in [4.78, 5) is 23.7. The van der Waals surface area contributed by atoms with Crippen molar-refractivity contribution in [2.45, 2.75) is 13.1 Å². The summed E-state index contributed by atoms with van der Waals surface area (Å²) in [6, 6.07) is 10.7. The van der Waals surface area contributed by atoms with Gasteiger partial charge in [-0.2, -0.15) is 18.3 Å². The van der Waals surface area contributed by atoms with Crippen LogP contribution < -0.4 is 10.7 Å². The highest BCUT2D eigenvalue weighted by Gasteiger charge is 2.38. The molecule has 11 heteroatoms. The van der Waals surface area contributed by atoms with Crippen molar-refractivity contribution in [3.63, 3.8) is 0 Å². The SMILES string of the molecule is C/C(=N/NC(=O)c1sc2cccc(Cl)c2c1Cl)c1ccc(NC(=O)C(F)(F)F)cc1. The van der Waals surface area contributed by atoms with Crippen LogP contribution in [0.4, 0.5) is 18.9 Å². The van der Waals surface area contributed by atoms with Gasteiger partial charge >= 0.3 is 12.1 Å². The molecule has 2 N–H and O–H groups in total. The van der Waals surface area contributed by atoms with E-state index in [0.717, 1.165) is 4.70 Å². The molecule has 5 nitrogen and oxygen atoms in total. The van der Waals surface area contributed by atoms with Crippen LogP contribution in [-0.2, 0) is 4.79 Å². The molecule has 3 aromatic rings. The van der Waals surface area contributed by atoms with Crippen molar-refractivity contribution in [2.75, 3.05) is 5.32 Å². The van der Waals surface area contributed by atoms with Gasteiger partial charge in [-0.05, 0) is 36.8 Å². The molecule has 30 heavy (non-hydrogen) atoms. The Morgan fingerprint density at radius 2 is 1.73 bits per heavy atom. The van der Waals surface area contributed by atoms with Crippen molar-refractivity contribution < 1.29 is 22.8 Å². The monoisotopic (exact) mass is 473 g/mol. The van der Waals surface area contributed by atoms with E-state index in [4.69, 9.17) is 23.2 Å². The first-order valence-electron chi connectivity index (χ1n) is 8.27. The van der Waals surface area contributed by atoms with Gasteiger partial charge in [-0.25, -0.2) is 5.43 Å². The lowest BCUT2D eigenvalue weighted by atomic mass is 10.1. The van der Waals surface area contributed by atoms with E-state index in [0.29, 0.717) is 21.7 Å². The number of hydrazone groups is 1. The maximum absolute atomic E-state index is 12.5. The average molecular weight is 474 g/mol. The molecular formula is C19H12Cl2F3N3O2S. The van der Waals surface area contributed by atoms with Gasteiger partial charge in [0.05, 0.1) is 15.8 Å². The first-order chi connectivity index (χ1) is 14.1. The third kappa shape index (κ3) is 4.75. The fourth-order valence-corrected chi connectivity index (χ4v) is 4.31. The Kier molecular flexibility index (Phi) is 6.35. The molecule has 3 rings (SSSR count). The molecule has 0 fully saturated rings. The number of benzene rings is 2. The molecule has 2 aromatic carbocycles. The average Bonchev–Trinajstić information content (AvgIpc) is 3.03. The second-order valence-corrected chi connectivity index (χ2v) is 7.86. The lowest BCUT2D eigenvalue weighted by Crippen LogP contribution is -2.29. The molecule has 0 radical (unpaired) electrons. The van der Waals surface area contributed by atoms with Crippen molar-refractivity contribution in [1.29, 1.82) is 0 Å². The summed E-state index contributed by atoms with van der Waals surface area (Å²) in [6.45, 7) is 1.60. The topological polar surface area (TPSA) is 70.6 Å². The molecule has 0 atom stereocenters. The molecule has 0 bridgehead atoms. The largest absolute Gasteiger partial charge is 0.471 e. The molecule has 156 valence electrons. The molecule has 0 aliphatic rings. The number of carbonyl (C=O) groups is 2. The van der Waals surface area contributed by atoms with Crippen LogP contribution in [0.25, 0.3) is 10.1 Å². The number of hydrogen-bond donors (Lipinski definition) is 2. The quantitative estimate of drug-likeness (QED) is 0.367. The molecule has 1 heterocycles. The van der Waals surface area contributed by atoms with E-state index in [-0.39, 0.29) is 15.6 Å². The van der Waals surface area contributed by atoms with Crippen LogP contribution >= 0.6 is 34.5 Å². The second kappa shape index (κ2) is 8.63. The standard InChI is InChI=1S/C19H12Cl2F3N3O2S/c1-9(10-5-7-11(8-6-10)25-18(29)19(22,23)24)26-27-17(28)16-15(21)14-12(20)3-2-4-13(14)30-16/h2-8H,1H3,(H,25,29)(H,27,28)/b26-9-. The zero-order valence-corrected chi connectivity index (χ0v) is 17.4. The van der Waals surface area contributed by atoms with Gasteiger partial charge in [-0.15, -0.1) is 11.3 Å². The number of rotatable bonds is 4. The first kappa shape index (κ1) is 22.1. The van der Waals surface area contributed by atoms with Crippen LogP contribution in [-0.4, -0.2) is 23.7 Å². The second-order valence-electron chi connectivity index (χ2n) is 6.03. The van der Waals surface area contributed by atoms with Gasteiger partial charge in [-0.3, -0.25) is 9.59 Å². The maximum Gasteiger partial charge on any atom is 0.471 e. The summed E-state index contributed by atoms with van der Waals surface area (Å²) < 4.78 is 37.6. The van der Waals surface area contributed by atoms with Gasteiger partial charge in [0.1, 0.15) is 4.88 Å². The zero-order chi connectivity index (χ0) is 22.1. The summed E-state index contributed by atoms with van der Waals surface area (Å²) in [5.41, 5.74) is 3.31. The van der Waals surface area contributed by atoms with E-state index in [1.54, 1.807) is 30.4 Å². The van der Waals surface area contributed by atoms with Gasteiger partial charge in [0.2, 0.25) is 0 Å². The molecule has 0 spiro atoms. The Balaban J connectivity index is 1.72. The predicted octanol–water partition coefficient (Wildman–Crippen LogP) is 5.86. The molecule has 2 amide bonds. The Morgan fingerprint density at radius 3 is 2.33 bits per heavy atom. The Bertz CT molecular complexity index is 1160. The minimum absolute atomic E-state index is 0.0214.